The molecule has 37 heavy (non-hydrogen) atoms. The normalized spacial score (nSPS) is 14.0. The third-order valence-corrected chi connectivity index (χ3v) is 5.56. The van der Waals surface area contributed by atoms with Gasteiger partial charge in [0.2, 0.25) is 0 Å². The van der Waals surface area contributed by atoms with Gasteiger partial charge in [0.15, 0.2) is 0 Å². The number of esters is 1. The first-order valence-electron chi connectivity index (χ1n) is 11.9. The number of benzene rings is 2. The molecule has 198 valence electrons. The molecule has 0 fully saturated rings. The SMILES string of the molecule is C=C/C(=C\N=C(C)CCc1ccccc1F)C(F)(F)F.CCOC(=O)c1cc(C2=CCCC2)ccc1F. The average molecular weight is 520 g/mol. The zero-order valence-corrected chi connectivity index (χ0v) is 20.9. The van der Waals surface area contributed by atoms with Crippen molar-refractivity contribution >= 4 is 17.3 Å². The maximum absolute atomic E-state index is 13.5. The van der Waals surface area contributed by atoms with Gasteiger partial charge in [0.25, 0.3) is 0 Å². The number of carbonyl (C=O) groups is 1. The Morgan fingerprint density at radius 2 is 1.86 bits per heavy atom. The van der Waals surface area contributed by atoms with Crippen LogP contribution in [0.2, 0.25) is 0 Å². The number of hydrogen-bond acceptors (Lipinski definition) is 3. The predicted octanol–water partition coefficient (Wildman–Crippen LogP) is 8.42. The van der Waals surface area contributed by atoms with Crippen molar-refractivity contribution in [1.82, 2.24) is 0 Å². The number of aliphatic imine (C=N–C) groups is 1. The van der Waals surface area contributed by atoms with Crippen LogP contribution in [0.15, 0.2) is 78.0 Å². The summed E-state index contributed by atoms with van der Waals surface area (Å²) in [5, 5.41) is 0. The topological polar surface area (TPSA) is 38.7 Å². The molecular weight excluding hydrogens is 489 g/mol. The number of aryl methyl sites for hydroxylation is 1. The summed E-state index contributed by atoms with van der Waals surface area (Å²) in [6.07, 6.45) is 3.10. The quantitative estimate of drug-likeness (QED) is 0.152. The maximum atomic E-state index is 13.5. The van der Waals surface area contributed by atoms with E-state index in [9.17, 15) is 26.7 Å². The molecule has 0 saturated carbocycles. The van der Waals surface area contributed by atoms with E-state index in [0.717, 1.165) is 31.0 Å². The number of carbonyl (C=O) groups excluding carboxylic acids is 1. The van der Waals surface area contributed by atoms with Crippen LogP contribution in [0.1, 0.15) is 61.0 Å². The smallest absolute Gasteiger partial charge is 0.417 e. The standard InChI is InChI=1S/C15H15F4N.C14H15FO2/c1-3-13(15(17,18)19)10-20-11(2)8-9-12-6-4-5-7-14(12)16;1-2-17-14(16)12-9-11(7-8-13(12)15)10-5-3-4-6-10/h3-7,10H,1,8-9H2,2H3;5,7-9H,2-4,6H2,1H3/b13-10+,20-11?;. The summed E-state index contributed by atoms with van der Waals surface area (Å²) in [6.45, 7) is 6.67. The molecular formula is C29H30F5NO2. The monoisotopic (exact) mass is 519 g/mol. The lowest BCUT2D eigenvalue weighted by atomic mass is 10.0. The molecule has 2 aromatic rings. The first kappa shape index (κ1) is 29.7. The fourth-order valence-electron chi connectivity index (χ4n) is 3.53. The summed E-state index contributed by atoms with van der Waals surface area (Å²) in [7, 11) is 0. The Balaban J connectivity index is 0.000000263. The van der Waals surface area contributed by atoms with Gasteiger partial charge >= 0.3 is 12.1 Å². The largest absolute Gasteiger partial charge is 0.462 e. The number of nitrogens with zero attached hydrogens (tertiary/aromatic N) is 1. The molecule has 0 saturated heterocycles. The Morgan fingerprint density at radius 1 is 1.14 bits per heavy atom. The number of ether oxygens (including phenoxy) is 1. The summed E-state index contributed by atoms with van der Waals surface area (Å²) in [5.74, 6) is -1.44. The van der Waals surface area contributed by atoms with Crippen molar-refractivity contribution in [2.45, 2.75) is 52.1 Å². The lowest BCUT2D eigenvalue weighted by Gasteiger charge is -2.07. The van der Waals surface area contributed by atoms with Gasteiger partial charge in [-0.05, 0) is 80.9 Å². The molecule has 0 amide bonds. The van der Waals surface area contributed by atoms with Crippen LogP contribution in [0.25, 0.3) is 5.57 Å². The van der Waals surface area contributed by atoms with Crippen LogP contribution in [0.5, 0.6) is 0 Å². The van der Waals surface area contributed by atoms with Gasteiger partial charge in [0.1, 0.15) is 11.6 Å². The van der Waals surface area contributed by atoms with Crippen LogP contribution in [0, 0.1) is 11.6 Å². The second kappa shape index (κ2) is 14.3. The fraction of sp³-hybridized carbons (Fsp3) is 0.310. The third kappa shape index (κ3) is 9.44. The molecule has 0 bridgehead atoms. The fourth-order valence-corrected chi connectivity index (χ4v) is 3.53. The van der Waals surface area contributed by atoms with E-state index in [1.165, 1.54) is 17.7 Å². The second-order valence-corrected chi connectivity index (χ2v) is 8.28. The molecule has 0 unspecified atom stereocenters. The van der Waals surface area contributed by atoms with Crippen LogP contribution in [0.4, 0.5) is 22.0 Å². The molecule has 2 aromatic carbocycles. The first-order chi connectivity index (χ1) is 17.6. The van der Waals surface area contributed by atoms with Crippen molar-refractivity contribution in [1.29, 1.82) is 0 Å². The number of rotatable bonds is 8. The molecule has 0 atom stereocenters. The lowest BCUT2D eigenvalue weighted by molar-refractivity contribution is -0.0883. The highest BCUT2D eigenvalue weighted by Gasteiger charge is 2.31. The number of hydrogen-bond donors (Lipinski definition) is 0. The van der Waals surface area contributed by atoms with E-state index in [1.54, 1.807) is 44.2 Å². The van der Waals surface area contributed by atoms with Crippen LogP contribution in [-0.4, -0.2) is 24.5 Å². The average Bonchev–Trinajstić information content (AvgIpc) is 3.39. The van der Waals surface area contributed by atoms with Crippen LogP contribution in [-0.2, 0) is 11.2 Å². The van der Waals surface area contributed by atoms with Gasteiger partial charge < -0.3 is 4.74 Å². The summed E-state index contributed by atoms with van der Waals surface area (Å²) in [6, 6.07) is 10.9. The zero-order valence-electron chi connectivity index (χ0n) is 20.9. The van der Waals surface area contributed by atoms with Crippen molar-refractivity contribution in [3.05, 3.63) is 101 Å². The minimum atomic E-state index is -4.46. The molecule has 1 aliphatic carbocycles. The first-order valence-corrected chi connectivity index (χ1v) is 11.9. The minimum absolute atomic E-state index is 0.0251. The molecule has 0 heterocycles. The number of allylic oxidation sites excluding steroid dienone is 4. The molecule has 0 spiro atoms. The summed E-state index contributed by atoms with van der Waals surface area (Å²) in [4.78, 5) is 15.3. The Morgan fingerprint density at radius 3 is 2.46 bits per heavy atom. The minimum Gasteiger partial charge on any atom is -0.462 e. The van der Waals surface area contributed by atoms with Crippen molar-refractivity contribution in [2.75, 3.05) is 6.61 Å². The van der Waals surface area contributed by atoms with Gasteiger partial charge in [-0.25, -0.2) is 13.6 Å². The van der Waals surface area contributed by atoms with Crippen molar-refractivity contribution in [3.63, 3.8) is 0 Å². The van der Waals surface area contributed by atoms with E-state index in [4.69, 9.17) is 4.74 Å². The van der Waals surface area contributed by atoms with Gasteiger partial charge in [-0.1, -0.05) is 43.0 Å². The predicted molar refractivity (Wildman–Crippen MR) is 136 cm³/mol. The molecule has 1 aliphatic rings. The van der Waals surface area contributed by atoms with Crippen LogP contribution in [0.3, 0.4) is 0 Å². The Labute approximate surface area is 214 Å². The van der Waals surface area contributed by atoms with Gasteiger partial charge in [0.05, 0.1) is 17.7 Å². The van der Waals surface area contributed by atoms with Crippen molar-refractivity contribution < 1.29 is 31.5 Å². The van der Waals surface area contributed by atoms with Gasteiger partial charge in [0, 0.05) is 11.9 Å². The summed E-state index contributed by atoms with van der Waals surface area (Å²) in [5.41, 5.74) is 2.25. The molecule has 0 aliphatic heterocycles. The van der Waals surface area contributed by atoms with Gasteiger partial charge in [-0.2, -0.15) is 13.2 Å². The molecule has 3 rings (SSSR count). The van der Waals surface area contributed by atoms with E-state index in [0.29, 0.717) is 30.2 Å². The van der Waals surface area contributed by atoms with Crippen molar-refractivity contribution in [2.24, 2.45) is 4.99 Å². The van der Waals surface area contributed by atoms with E-state index in [-0.39, 0.29) is 18.0 Å². The zero-order chi connectivity index (χ0) is 27.4. The van der Waals surface area contributed by atoms with Crippen LogP contribution < -0.4 is 0 Å². The van der Waals surface area contributed by atoms with E-state index in [1.807, 2.05) is 0 Å². The van der Waals surface area contributed by atoms with E-state index >= 15 is 0 Å². The molecule has 0 N–H and O–H groups in total. The third-order valence-electron chi connectivity index (χ3n) is 5.56. The molecule has 0 radical (unpaired) electrons. The summed E-state index contributed by atoms with van der Waals surface area (Å²) >= 11 is 0. The number of alkyl halides is 3. The highest BCUT2D eigenvalue weighted by atomic mass is 19.4. The lowest BCUT2D eigenvalue weighted by Crippen LogP contribution is -2.09. The van der Waals surface area contributed by atoms with Crippen LogP contribution >= 0.6 is 0 Å². The highest BCUT2D eigenvalue weighted by Crippen LogP contribution is 2.29. The van der Waals surface area contributed by atoms with E-state index in [2.05, 4.69) is 17.6 Å². The Kier molecular flexibility index (Phi) is 11.4. The molecule has 0 aromatic heterocycles. The van der Waals surface area contributed by atoms with Gasteiger partial charge in [-0.15, -0.1) is 0 Å². The maximum Gasteiger partial charge on any atom is 0.417 e. The van der Waals surface area contributed by atoms with E-state index < -0.39 is 23.5 Å². The second-order valence-electron chi connectivity index (χ2n) is 8.28. The Hall–Kier alpha value is -3.55. The summed E-state index contributed by atoms with van der Waals surface area (Å²) < 4.78 is 68.9. The molecule has 8 heteroatoms. The Bertz CT molecular complexity index is 1180. The number of halogens is 5. The van der Waals surface area contributed by atoms with Gasteiger partial charge in [-0.3, -0.25) is 4.99 Å². The van der Waals surface area contributed by atoms with Crippen molar-refractivity contribution in [3.8, 4) is 0 Å². The highest BCUT2D eigenvalue weighted by molar-refractivity contribution is 5.91. The molecule has 3 nitrogen and oxygen atoms in total.